The van der Waals surface area contributed by atoms with Crippen molar-refractivity contribution in [2.24, 2.45) is 5.92 Å². The Labute approximate surface area is 109 Å². The largest absolute Gasteiger partial charge is 0.481 e. The van der Waals surface area contributed by atoms with Crippen LogP contribution in [0.3, 0.4) is 0 Å². The van der Waals surface area contributed by atoms with Crippen LogP contribution in [0.15, 0.2) is 42.5 Å². The standard InChI is InChI=1S/C16H22O2/c1-2-9-15(16(17)18)13-8-4-7-12-14-10-5-3-6-11-14/h3-6,8,10-11,15H,2,7,9,12-13H2,1H3,(H,17,18). The molecule has 1 rings (SSSR count). The summed E-state index contributed by atoms with van der Waals surface area (Å²) in [7, 11) is 0. The van der Waals surface area contributed by atoms with Gasteiger partial charge >= 0.3 is 5.97 Å². The minimum Gasteiger partial charge on any atom is -0.481 e. The molecule has 1 atom stereocenters. The highest BCUT2D eigenvalue weighted by Gasteiger charge is 2.13. The van der Waals surface area contributed by atoms with Gasteiger partial charge in [-0.1, -0.05) is 55.8 Å². The van der Waals surface area contributed by atoms with Crippen LogP contribution in [0.4, 0.5) is 0 Å². The smallest absolute Gasteiger partial charge is 0.306 e. The number of aryl methyl sites for hydroxylation is 1. The van der Waals surface area contributed by atoms with Crippen LogP contribution in [-0.2, 0) is 11.2 Å². The van der Waals surface area contributed by atoms with Crippen molar-refractivity contribution in [1.82, 2.24) is 0 Å². The zero-order valence-corrected chi connectivity index (χ0v) is 11.0. The first-order valence-electron chi connectivity index (χ1n) is 6.65. The molecule has 0 aliphatic carbocycles. The molecule has 0 saturated carbocycles. The van der Waals surface area contributed by atoms with Gasteiger partial charge in [0.25, 0.3) is 0 Å². The fourth-order valence-corrected chi connectivity index (χ4v) is 1.96. The minimum absolute atomic E-state index is 0.219. The molecule has 1 unspecified atom stereocenters. The molecule has 0 aliphatic rings. The number of hydrogen-bond acceptors (Lipinski definition) is 1. The third-order valence-corrected chi connectivity index (χ3v) is 3.02. The summed E-state index contributed by atoms with van der Waals surface area (Å²) in [4.78, 5) is 10.9. The van der Waals surface area contributed by atoms with Crippen molar-refractivity contribution in [2.45, 2.75) is 39.0 Å². The first-order valence-corrected chi connectivity index (χ1v) is 6.65. The van der Waals surface area contributed by atoms with Gasteiger partial charge in [0.15, 0.2) is 0 Å². The van der Waals surface area contributed by atoms with Gasteiger partial charge < -0.3 is 5.11 Å². The topological polar surface area (TPSA) is 37.3 Å². The molecule has 0 aromatic heterocycles. The summed E-state index contributed by atoms with van der Waals surface area (Å²) < 4.78 is 0. The highest BCUT2D eigenvalue weighted by molar-refractivity contribution is 5.70. The van der Waals surface area contributed by atoms with E-state index in [-0.39, 0.29) is 5.92 Å². The van der Waals surface area contributed by atoms with E-state index < -0.39 is 5.97 Å². The van der Waals surface area contributed by atoms with E-state index in [0.29, 0.717) is 6.42 Å². The summed E-state index contributed by atoms with van der Waals surface area (Å²) in [6.45, 7) is 2.02. The molecule has 0 aliphatic heterocycles. The Hall–Kier alpha value is -1.57. The molecule has 1 N–H and O–H groups in total. The maximum atomic E-state index is 10.9. The number of allylic oxidation sites excluding steroid dienone is 2. The molecule has 0 spiro atoms. The molecule has 0 heterocycles. The lowest BCUT2D eigenvalue weighted by molar-refractivity contribution is -0.141. The summed E-state index contributed by atoms with van der Waals surface area (Å²) >= 11 is 0. The van der Waals surface area contributed by atoms with Gasteiger partial charge in [0.2, 0.25) is 0 Å². The molecule has 0 amide bonds. The molecule has 0 fully saturated rings. The maximum Gasteiger partial charge on any atom is 0.306 e. The van der Waals surface area contributed by atoms with Crippen molar-refractivity contribution in [3.05, 3.63) is 48.0 Å². The van der Waals surface area contributed by atoms with Crippen molar-refractivity contribution in [2.75, 3.05) is 0 Å². The van der Waals surface area contributed by atoms with Crippen LogP contribution < -0.4 is 0 Å². The lowest BCUT2D eigenvalue weighted by Crippen LogP contribution is -2.12. The second kappa shape index (κ2) is 8.51. The van der Waals surface area contributed by atoms with E-state index in [1.54, 1.807) is 0 Å². The van der Waals surface area contributed by atoms with E-state index in [4.69, 9.17) is 5.11 Å². The summed E-state index contributed by atoms with van der Waals surface area (Å²) in [5.41, 5.74) is 1.32. The van der Waals surface area contributed by atoms with E-state index in [2.05, 4.69) is 18.2 Å². The Balaban J connectivity index is 2.26. The average molecular weight is 246 g/mol. The van der Waals surface area contributed by atoms with Crippen LogP contribution in [0.1, 0.15) is 38.2 Å². The van der Waals surface area contributed by atoms with Gasteiger partial charge in [-0.15, -0.1) is 0 Å². The van der Waals surface area contributed by atoms with Gasteiger partial charge in [-0.2, -0.15) is 0 Å². The molecule has 18 heavy (non-hydrogen) atoms. The number of rotatable bonds is 8. The minimum atomic E-state index is -0.676. The van der Waals surface area contributed by atoms with Crippen molar-refractivity contribution >= 4 is 5.97 Å². The average Bonchev–Trinajstić information content (AvgIpc) is 2.38. The van der Waals surface area contributed by atoms with E-state index in [9.17, 15) is 4.79 Å². The molecule has 0 bridgehead atoms. The van der Waals surface area contributed by atoms with Crippen molar-refractivity contribution in [3.63, 3.8) is 0 Å². The number of carbonyl (C=O) groups is 1. The Morgan fingerprint density at radius 3 is 2.61 bits per heavy atom. The Bertz CT molecular complexity index is 368. The summed E-state index contributed by atoms with van der Waals surface area (Å²) in [5, 5.41) is 9.01. The van der Waals surface area contributed by atoms with Crippen LogP contribution in [0.5, 0.6) is 0 Å². The van der Waals surface area contributed by atoms with Crippen LogP contribution in [0.2, 0.25) is 0 Å². The predicted molar refractivity (Wildman–Crippen MR) is 74.6 cm³/mol. The lowest BCUT2D eigenvalue weighted by atomic mass is 9.99. The van der Waals surface area contributed by atoms with E-state index in [0.717, 1.165) is 25.7 Å². The summed E-state index contributed by atoms with van der Waals surface area (Å²) in [6.07, 6.45) is 8.44. The number of aliphatic carboxylic acids is 1. The summed E-state index contributed by atoms with van der Waals surface area (Å²) in [5.74, 6) is -0.896. The highest BCUT2D eigenvalue weighted by Crippen LogP contribution is 2.12. The number of hydrogen-bond donors (Lipinski definition) is 1. The Morgan fingerprint density at radius 2 is 2.00 bits per heavy atom. The third kappa shape index (κ3) is 5.67. The van der Waals surface area contributed by atoms with Crippen molar-refractivity contribution in [1.29, 1.82) is 0 Å². The molecule has 2 nitrogen and oxygen atoms in total. The molecule has 0 saturated heterocycles. The number of carboxylic acid groups (broad SMARTS) is 1. The SMILES string of the molecule is CCCC(CC=CCCc1ccccc1)C(=O)O. The highest BCUT2D eigenvalue weighted by atomic mass is 16.4. The second-order valence-electron chi connectivity index (χ2n) is 4.56. The van der Waals surface area contributed by atoms with Gasteiger partial charge in [-0.3, -0.25) is 4.79 Å². The van der Waals surface area contributed by atoms with Crippen LogP contribution in [0, 0.1) is 5.92 Å². The van der Waals surface area contributed by atoms with Gasteiger partial charge in [-0.05, 0) is 31.2 Å². The normalized spacial score (nSPS) is 12.7. The fraction of sp³-hybridized carbons (Fsp3) is 0.438. The zero-order chi connectivity index (χ0) is 13.2. The van der Waals surface area contributed by atoms with E-state index in [1.807, 2.05) is 31.2 Å². The van der Waals surface area contributed by atoms with Crippen LogP contribution in [0.25, 0.3) is 0 Å². The first-order chi connectivity index (χ1) is 8.74. The van der Waals surface area contributed by atoms with Crippen LogP contribution in [-0.4, -0.2) is 11.1 Å². The monoisotopic (exact) mass is 246 g/mol. The van der Waals surface area contributed by atoms with Gasteiger partial charge in [-0.25, -0.2) is 0 Å². The predicted octanol–water partition coefficient (Wildman–Crippen LogP) is 4.07. The Morgan fingerprint density at radius 1 is 1.28 bits per heavy atom. The molecule has 0 radical (unpaired) electrons. The van der Waals surface area contributed by atoms with Crippen LogP contribution >= 0.6 is 0 Å². The molecule has 98 valence electrons. The second-order valence-corrected chi connectivity index (χ2v) is 4.56. The van der Waals surface area contributed by atoms with Gasteiger partial charge in [0.1, 0.15) is 0 Å². The quantitative estimate of drug-likeness (QED) is 0.702. The van der Waals surface area contributed by atoms with E-state index >= 15 is 0 Å². The number of benzene rings is 1. The summed E-state index contributed by atoms with van der Waals surface area (Å²) in [6, 6.07) is 10.3. The van der Waals surface area contributed by atoms with Crippen molar-refractivity contribution in [3.8, 4) is 0 Å². The van der Waals surface area contributed by atoms with Gasteiger partial charge in [0.05, 0.1) is 5.92 Å². The van der Waals surface area contributed by atoms with Crippen molar-refractivity contribution < 1.29 is 9.90 Å². The zero-order valence-electron chi connectivity index (χ0n) is 11.0. The van der Waals surface area contributed by atoms with Gasteiger partial charge in [0, 0.05) is 0 Å². The molecule has 1 aromatic rings. The molecule has 2 heteroatoms. The Kier molecular flexibility index (Phi) is 6.85. The number of carboxylic acids is 1. The lowest BCUT2D eigenvalue weighted by Gasteiger charge is -2.07. The third-order valence-electron chi connectivity index (χ3n) is 3.02. The maximum absolute atomic E-state index is 10.9. The molecule has 1 aromatic carbocycles. The fourth-order valence-electron chi connectivity index (χ4n) is 1.96. The first kappa shape index (κ1) is 14.5. The molecular formula is C16H22O2. The molecular weight excluding hydrogens is 224 g/mol. The van der Waals surface area contributed by atoms with E-state index in [1.165, 1.54) is 5.56 Å².